The van der Waals surface area contributed by atoms with Crippen molar-refractivity contribution < 1.29 is 4.74 Å². The molecule has 1 aliphatic heterocycles. The van der Waals surface area contributed by atoms with Crippen LogP contribution >= 0.6 is 0 Å². The molecule has 1 saturated carbocycles. The van der Waals surface area contributed by atoms with Crippen LogP contribution in [0.2, 0.25) is 0 Å². The van der Waals surface area contributed by atoms with Gasteiger partial charge in [-0.3, -0.25) is 0 Å². The molecule has 3 nitrogen and oxygen atoms in total. The zero-order chi connectivity index (χ0) is 9.31. The lowest BCUT2D eigenvalue weighted by atomic mass is 10.2. The van der Waals surface area contributed by atoms with Gasteiger partial charge in [0.05, 0.1) is 12.2 Å². The molecule has 2 fully saturated rings. The van der Waals surface area contributed by atoms with Crippen molar-refractivity contribution >= 4 is 0 Å². The first-order valence-corrected chi connectivity index (χ1v) is 5.32. The normalized spacial score (nSPS) is 36.5. The third-order valence-electron chi connectivity index (χ3n) is 3.21. The maximum Gasteiger partial charge on any atom is 0.0705 e. The highest BCUT2D eigenvalue weighted by atomic mass is 16.5. The summed E-state index contributed by atoms with van der Waals surface area (Å²) in [5.74, 6) is 0. The van der Waals surface area contributed by atoms with Gasteiger partial charge in [0, 0.05) is 18.6 Å². The average molecular weight is 184 g/mol. The summed E-state index contributed by atoms with van der Waals surface area (Å²) < 4.78 is 5.75. The van der Waals surface area contributed by atoms with E-state index in [4.69, 9.17) is 10.5 Å². The minimum absolute atomic E-state index is 0.318. The van der Waals surface area contributed by atoms with Gasteiger partial charge in [0.25, 0.3) is 0 Å². The molecule has 2 rings (SSSR count). The summed E-state index contributed by atoms with van der Waals surface area (Å²) in [6.45, 7) is 3.96. The average Bonchev–Trinajstić information content (AvgIpc) is 2.69. The van der Waals surface area contributed by atoms with Gasteiger partial charge in [-0.2, -0.15) is 0 Å². The van der Waals surface area contributed by atoms with Crippen LogP contribution in [-0.4, -0.2) is 30.8 Å². The summed E-state index contributed by atoms with van der Waals surface area (Å²) in [6.07, 6.45) is 5.68. The van der Waals surface area contributed by atoms with Crippen molar-refractivity contribution in [1.29, 1.82) is 0 Å². The standard InChI is InChI=1S/C10H20N2O/c1-10(4-5-10)12-7-9-3-2-8(6-11)13-9/h8-9,12H,2-7,11H2,1H3. The molecule has 0 aromatic heterocycles. The van der Waals surface area contributed by atoms with Crippen molar-refractivity contribution in [3.05, 3.63) is 0 Å². The lowest BCUT2D eigenvalue weighted by molar-refractivity contribution is 0.0486. The highest BCUT2D eigenvalue weighted by Gasteiger charge is 2.37. The van der Waals surface area contributed by atoms with Gasteiger partial charge in [-0.25, -0.2) is 0 Å². The van der Waals surface area contributed by atoms with E-state index >= 15 is 0 Å². The number of rotatable bonds is 4. The number of hydrogen-bond acceptors (Lipinski definition) is 3. The van der Waals surface area contributed by atoms with E-state index in [-0.39, 0.29) is 0 Å². The van der Waals surface area contributed by atoms with E-state index in [2.05, 4.69) is 12.2 Å². The number of ether oxygens (including phenoxy) is 1. The van der Waals surface area contributed by atoms with E-state index in [1.807, 2.05) is 0 Å². The molecule has 3 heteroatoms. The molecule has 2 atom stereocenters. The fourth-order valence-electron chi connectivity index (χ4n) is 1.83. The third-order valence-corrected chi connectivity index (χ3v) is 3.21. The van der Waals surface area contributed by atoms with Gasteiger partial charge < -0.3 is 15.8 Å². The van der Waals surface area contributed by atoms with Crippen LogP contribution in [0.5, 0.6) is 0 Å². The van der Waals surface area contributed by atoms with E-state index in [1.54, 1.807) is 0 Å². The second kappa shape index (κ2) is 3.56. The zero-order valence-corrected chi connectivity index (χ0v) is 8.38. The van der Waals surface area contributed by atoms with Gasteiger partial charge in [0.1, 0.15) is 0 Å². The fraction of sp³-hybridized carbons (Fsp3) is 1.00. The molecule has 0 radical (unpaired) electrons. The van der Waals surface area contributed by atoms with E-state index in [9.17, 15) is 0 Å². The van der Waals surface area contributed by atoms with Crippen LogP contribution in [0.25, 0.3) is 0 Å². The summed E-state index contributed by atoms with van der Waals surface area (Å²) in [6, 6.07) is 0. The van der Waals surface area contributed by atoms with Gasteiger partial charge in [-0.05, 0) is 32.6 Å². The summed E-state index contributed by atoms with van der Waals surface area (Å²) in [4.78, 5) is 0. The molecule has 1 heterocycles. The van der Waals surface area contributed by atoms with Crippen molar-refractivity contribution in [3.8, 4) is 0 Å². The molecule has 0 spiro atoms. The Bertz CT molecular complexity index is 180. The smallest absolute Gasteiger partial charge is 0.0705 e. The molecule has 0 aromatic carbocycles. The van der Waals surface area contributed by atoms with Crippen LogP contribution in [0.15, 0.2) is 0 Å². The monoisotopic (exact) mass is 184 g/mol. The van der Waals surface area contributed by atoms with Crippen LogP contribution in [-0.2, 0) is 4.74 Å². The highest BCUT2D eigenvalue weighted by Crippen LogP contribution is 2.34. The highest BCUT2D eigenvalue weighted by molar-refractivity contribution is 4.98. The number of hydrogen-bond donors (Lipinski definition) is 2. The molecule has 0 aromatic rings. The molecule has 1 saturated heterocycles. The fourth-order valence-corrected chi connectivity index (χ4v) is 1.83. The van der Waals surface area contributed by atoms with Crippen molar-refractivity contribution in [3.63, 3.8) is 0 Å². The van der Waals surface area contributed by atoms with Crippen LogP contribution in [0.3, 0.4) is 0 Å². The van der Waals surface area contributed by atoms with Gasteiger partial charge in [-0.1, -0.05) is 0 Å². The molecule has 0 amide bonds. The van der Waals surface area contributed by atoms with Crippen molar-refractivity contribution in [2.75, 3.05) is 13.1 Å². The van der Waals surface area contributed by atoms with E-state index in [1.165, 1.54) is 19.3 Å². The molecule has 2 unspecified atom stereocenters. The lowest BCUT2D eigenvalue weighted by Crippen LogP contribution is -2.35. The first-order chi connectivity index (χ1) is 6.22. The molecule has 0 bridgehead atoms. The minimum atomic E-state index is 0.318. The maximum absolute atomic E-state index is 5.75. The largest absolute Gasteiger partial charge is 0.372 e. The quantitative estimate of drug-likeness (QED) is 0.674. The molecular weight excluding hydrogens is 164 g/mol. The maximum atomic E-state index is 5.75. The molecule has 1 aliphatic carbocycles. The Kier molecular flexibility index (Phi) is 2.58. The second-order valence-corrected chi connectivity index (χ2v) is 4.63. The Morgan fingerprint density at radius 1 is 1.38 bits per heavy atom. The summed E-state index contributed by atoms with van der Waals surface area (Å²) in [7, 11) is 0. The van der Waals surface area contributed by atoms with Gasteiger partial charge >= 0.3 is 0 Å². The Morgan fingerprint density at radius 3 is 2.62 bits per heavy atom. The van der Waals surface area contributed by atoms with Crippen LogP contribution in [0.4, 0.5) is 0 Å². The molecule has 13 heavy (non-hydrogen) atoms. The van der Waals surface area contributed by atoms with Crippen LogP contribution in [0, 0.1) is 0 Å². The Labute approximate surface area is 80.0 Å². The van der Waals surface area contributed by atoms with E-state index in [0.717, 1.165) is 13.0 Å². The van der Waals surface area contributed by atoms with E-state index < -0.39 is 0 Å². The minimum Gasteiger partial charge on any atom is -0.372 e. The van der Waals surface area contributed by atoms with Gasteiger partial charge in [0.15, 0.2) is 0 Å². The second-order valence-electron chi connectivity index (χ2n) is 4.63. The van der Waals surface area contributed by atoms with Gasteiger partial charge in [-0.15, -0.1) is 0 Å². The first kappa shape index (κ1) is 9.44. The summed E-state index contributed by atoms with van der Waals surface area (Å²) >= 11 is 0. The predicted octanol–water partition coefficient (Wildman–Crippen LogP) is 0.635. The van der Waals surface area contributed by atoms with Crippen molar-refractivity contribution in [2.24, 2.45) is 5.73 Å². The SMILES string of the molecule is CC1(NCC2CCC(CN)O2)CC1. The molecular formula is C10H20N2O. The van der Waals surface area contributed by atoms with E-state index in [0.29, 0.717) is 24.3 Å². The third kappa shape index (κ3) is 2.42. The number of nitrogens with two attached hydrogens (primary N) is 1. The van der Waals surface area contributed by atoms with Crippen LogP contribution in [0.1, 0.15) is 32.6 Å². The van der Waals surface area contributed by atoms with Gasteiger partial charge in [0.2, 0.25) is 0 Å². The molecule has 2 aliphatic rings. The molecule has 76 valence electrons. The first-order valence-electron chi connectivity index (χ1n) is 5.32. The predicted molar refractivity (Wildman–Crippen MR) is 52.6 cm³/mol. The number of nitrogens with one attached hydrogen (secondary N) is 1. The Morgan fingerprint density at radius 2 is 2.08 bits per heavy atom. The van der Waals surface area contributed by atoms with Crippen molar-refractivity contribution in [2.45, 2.75) is 50.4 Å². The Hall–Kier alpha value is -0.120. The Balaban J connectivity index is 1.66. The summed E-state index contributed by atoms with van der Waals surface area (Å²) in [5.41, 5.74) is 5.98. The summed E-state index contributed by atoms with van der Waals surface area (Å²) in [5, 5.41) is 3.55. The van der Waals surface area contributed by atoms with Crippen molar-refractivity contribution in [1.82, 2.24) is 5.32 Å². The van der Waals surface area contributed by atoms with Crippen LogP contribution < -0.4 is 11.1 Å². The molecule has 3 N–H and O–H groups in total. The zero-order valence-electron chi connectivity index (χ0n) is 8.38. The lowest BCUT2D eigenvalue weighted by Gasteiger charge is -2.16. The topological polar surface area (TPSA) is 47.3 Å².